The molecular weight excluding hydrogens is 625 g/mol. The van der Waals surface area contributed by atoms with Gasteiger partial charge in [-0.3, -0.25) is 14.5 Å². The normalized spacial score (nSPS) is 14.4. The molecule has 0 unspecified atom stereocenters. The molecule has 1 heterocycles. The third-order valence-corrected chi connectivity index (χ3v) is 7.61. The summed E-state index contributed by atoms with van der Waals surface area (Å²) in [6.45, 7) is 0.415. The van der Waals surface area contributed by atoms with Crippen molar-refractivity contribution >= 4 is 79.7 Å². The SMILES string of the molecule is COc1cc(/C=C2\SC(=O)N(CCOc3ccccc3Cl)C2=O)cc(Br)c1OCc1ccc(Cl)cc1Cl. The van der Waals surface area contributed by atoms with E-state index in [2.05, 4.69) is 15.9 Å². The maximum absolute atomic E-state index is 12.9. The summed E-state index contributed by atoms with van der Waals surface area (Å²) in [5.74, 6) is 1.00. The van der Waals surface area contributed by atoms with E-state index in [0.717, 1.165) is 22.2 Å². The first-order valence-corrected chi connectivity index (χ1v) is 13.6. The fraction of sp³-hybridized carbons (Fsp3) is 0.154. The Morgan fingerprint density at radius 3 is 2.49 bits per heavy atom. The lowest BCUT2D eigenvalue weighted by atomic mass is 10.1. The molecule has 0 radical (unpaired) electrons. The molecule has 3 aromatic rings. The fourth-order valence-corrected chi connectivity index (χ4v) is 5.50. The molecule has 2 amide bonds. The molecule has 3 aromatic carbocycles. The van der Waals surface area contributed by atoms with Crippen molar-refractivity contribution in [2.45, 2.75) is 6.61 Å². The van der Waals surface area contributed by atoms with Crippen molar-refractivity contribution in [3.8, 4) is 17.2 Å². The minimum absolute atomic E-state index is 0.0975. The summed E-state index contributed by atoms with van der Waals surface area (Å²) in [5.41, 5.74) is 1.41. The quantitative estimate of drug-likeness (QED) is 0.220. The molecule has 6 nitrogen and oxygen atoms in total. The lowest BCUT2D eigenvalue weighted by molar-refractivity contribution is -0.123. The first-order valence-electron chi connectivity index (χ1n) is 10.8. The van der Waals surface area contributed by atoms with E-state index >= 15 is 0 Å². The monoisotopic (exact) mass is 641 g/mol. The third kappa shape index (κ3) is 6.75. The first kappa shape index (κ1) is 27.7. The van der Waals surface area contributed by atoms with E-state index in [4.69, 9.17) is 49.0 Å². The predicted octanol–water partition coefficient (Wildman–Crippen LogP) is 8.11. The van der Waals surface area contributed by atoms with Gasteiger partial charge in [-0.05, 0) is 75.7 Å². The van der Waals surface area contributed by atoms with Gasteiger partial charge < -0.3 is 14.2 Å². The number of carbonyl (C=O) groups is 2. The molecule has 1 aliphatic rings. The maximum Gasteiger partial charge on any atom is 0.293 e. The Kier molecular flexibility index (Phi) is 9.31. The minimum Gasteiger partial charge on any atom is -0.493 e. The Labute approximate surface area is 241 Å². The Morgan fingerprint density at radius 1 is 0.973 bits per heavy atom. The number of halogens is 4. The van der Waals surface area contributed by atoms with Gasteiger partial charge in [0.05, 0.1) is 28.1 Å². The molecule has 192 valence electrons. The zero-order valence-electron chi connectivity index (χ0n) is 19.3. The van der Waals surface area contributed by atoms with Gasteiger partial charge in [-0.25, -0.2) is 0 Å². The summed E-state index contributed by atoms with van der Waals surface area (Å²) in [5, 5.41) is 1.12. The standard InChI is InChI=1S/C26H19BrCl3NO5S/c1-34-22-11-15(10-18(27)24(22)36-14-16-6-7-17(28)13-20(16)30)12-23-25(32)31(26(33)37-23)8-9-35-21-5-3-2-4-19(21)29/h2-7,10-13H,8-9,14H2,1H3/b23-12-. The Hall–Kier alpha value is -2.36. The van der Waals surface area contributed by atoms with Gasteiger partial charge in [0.25, 0.3) is 11.1 Å². The number of amides is 2. The van der Waals surface area contributed by atoms with E-state index in [1.165, 1.54) is 7.11 Å². The van der Waals surface area contributed by atoms with E-state index < -0.39 is 5.91 Å². The number of imide groups is 1. The molecule has 11 heteroatoms. The number of benzene rings is 3. The van der Waals surface area contributed by atoms with Gasteiger partial charge in [0.1, 0.15) is 19.0 Å². The van der Waals surface area contributed by atoms with E-state index in [9.17, 15) is 9.59 Å². The number of rotatable bonds is 9. The molecule has 0 bridgehead atoms. The third-order valence-electron chi connectivity index (χ3n) is 5.22. The molecule has 1 saturated heterocycles. The molecule has 0 saturated carbocycles. The molecule has 0 atom stereocenters. The van der Waals surface area contributed by atoms with Crippen molar-refractivity contribution in [3.05, 3.63) is 90.2 Å². The lowest BCUT2D eigenvalue weighted by Crippen LogP contribution is -2.32. The van der Waals surface area contributed by atoms with Gasteiger partial charge in [0.2, 0.25) is 0 Å². The van der Waals surface area contributed by atoms with Crippen LogP contribution < -0.4 is 14.2 Å². The summed E-state index contributed by atoms with van der Waals surface area (Å²) in [4.78, 5) is 26.8. The highest BCUT2D eigenvalue weighted by Crippen LogP contribution is 2.40. The van der Waals surface area contributed by atoms with Crippen LogP contribution in [0.3, 0.4) is 0 Å². The van der Waals surface area contributed by atoms with Crippen LogP contribution in [0.4, 0.5) is 4.79 Å². The van der Waals surface area contributed by atoms with Crippen LogP contribution in [0.25, 0.3) is 6.08 Å². The van der Waals surface area contributed by atoms with Crippen LogP contribution in [0.5, 0.6) is 17.2 Å². The molecule has 1 fully saturated rings. The fourth-order valence-electron chi connectivity index (χ4n) is 3.40. The smallest absolute Gasteiger partial charge is 0.293 e. The largest absolute Gasteiger partial charge is 0.493 e. The van der Waals surface area contributed by atoms with Crippen molar-refractivity contribution in [3.63, 3.8) is 0 Å². The van der Waals surface area contributed by atoms with Gasteiger partial charge in [-0.2, -0.15) is 0 Å². The highest BCUT2D eigenvalue weighted by molar-refractivity contribution is 9.10. The van der Waals surface area contributed by atoms with Crippen molar-refractivity contribution in [1.82, 2.24) is 4.90 Å². The molecule has 0 aromatic heterocycles. The van der Waals surface area contributed by atoms with E-state index in [-0.39, 0.29) is 25.0 Å². The van der Waals surface area contributed by atoms with Gasteiger partial charge >= 0.3 is 0 Å². The number of nitrogens with zero attached hydrogens (tertiary/aromatic N) is 1. The Morgan fingerprint density at radius 2 is 1.76 bits per heavy atom. The molecule has 0 N–H and O–H groups in total. The number of carbonyl (C=O) groups excluding carboxylic acids is 2. The summed E-state index contributed by atoms with van der Waals surface area (Å²) in [6, 6.07) is 15.7. The van der Waals surface area contributed by atoms with E-state index in [1.807, 2.05) is 0 Å². The van der Waals surface area contributed by atoms with Crippen LogP contribution in [0.1, 0.15) is 11.1 Å². The Bertz CT molecular complexity index is 1380. The number of ether oxygens (including phenoxy) is 3. The molecular formula is C26H19BrCl3NO5S. The Balaban J connectivity index is 1.45. The second-order valence-corrected chi connectivity index (χ2v) is 10.8. The highest BCUT2D eigenvalue weighted by Gasteiger charge is 2.35. The number of hydrogen-bond acceptors (Lipinski definition) is 6. The predicted molar refractivity (Wildman–Crippen MR) is 151 cm³/mol. The van der Waals surface area contributed by atoms with Crippen LogP contribution in [0.15, 0.2) is 64.0 Å². The van der Waals surface area contributed by atoms with Crippen LogP contribution >= 0.6 is 62.5 Å². The summed E-state index contributed by atoms with van der Waals surface area (Å²) in [7, 11) is 1.51. The second-order valence-electron chi connectivity index (χ2n) is 7.67. The van der Waals surface area contributed by atoms with Crippen molar-refractivity contribution in [1.29, 1.82) is 0 Å². The van der Waals surface area contributed by atoms with Crippen molar-refractivity contribution in [2.24, 2.45) is 0 Å². The summed E-state index contributed by atoms with van der Waals surface area (Å²) < 4.78 is 17.7. The van der Waals surface area contributed by atoms with Gasteiger partial charge in [-0.15, -0.1) is 0 Å². The van der Waals surface area contributed by atoms with Crippen molar-refractivity contribution < 1.29 is 23.8 Å². The van der Waals surface area contributed by atoms with Gasteiger partial charge in [-0.1, -0.05) is 53.0 Å². The molecule has 4 rings (SSSR count). The van der Waals surface area contributed by atoms with Gasteiger partial charge in [0, 0.05) is 15.6 Å². The van der Waals surface area contributed by atoms with Crippen molar-refractivity contribution in [2.75, 3.05) is 20.3 Å². The number of methoxy groups -OCH3 is 1. The number of hydrogen-bond donors (Lipinski definition) is 0. The topological polar surface area (TPSA) is 65.1 Å². The average Bonchev–Trinajstić information content (AvgIpc) is 3.12. The van der Waals surface area contributed by atoms with E-state index in [0.29, 0.717) is 47.3 Å². The molecule has 1 aliphatic heterocycles. The van der Waals surface area contributed by atoms with E-state index in [1.54, 1.807) is 60.7 Å². The van der Waals surface area contributed by atoms with Crippen LogP contribution in [-0.4, -0.2) is 36.3 Å². The zero-order chi connectivity index (χ0) is 26.5. The summed E-state index contributed by atoms with van der Waals surface area (Å²) >= 11 is 22.7. The molecule has 0 spiro atoms. The van der Waals surface area contributed by atoms with Gasteiger partial charge in [0.15, 0.2) is 11.5 Å². The van der Waals surface area contributed by atoms with Crippen LogP contribution in [0, 0.1) is 0 Å². The second kappa shape index (κ2) is 12.5. The van der Waals surface area contributed by atoms with Crippen LogP contribution in [0.2, 0.25) is 15.1 Å². The minimum atomic E-state index is -0.398. The molecule has 0 aliphatic carbocycles. The first-order chi connectivity index (χ1) is 17.8. The maximum atomic E-state index is 12.9. The average molecular weight is 644 g/mol. The lowest BCUT2D eigenvalue weighted by Gasteiger charge is -2.15. The summed E-state index contributed by atoms with van der Waals surface area (Å²) in [6.07, 6.45) is 1.63. The van der Waals surface area contributed by atoms with Crippen LogP contribution in [-0.2, 0) is 11.4 Å². The number of para-hydroxylation sites is 1. The highest BCUT2D eigenvalue weighted by atomic mass is 79.9. The molecule has 37 heavy (non-hydrogen) atoms. The number of thioether (sulfide) groups is 1. The zero-order valence-corrected chi connectivity index (χ0v) is 24.0.